The van der Waals surface area contributed by atoms with E-state index in [1.165, 1.54) is 11.9 Å². The monoisotopic (exact) mass is 552 g/mol. The van der Waals surface area contributed by atoms with Crippen LogP contribution in [0.5, 0.6) is 5.75 Å². The number of hydrogen-bond acceptors (Lipinski definition) is 6. The summed E-state index contributed by atoms with van der Waals surface area (Å²) in [6, 6.07) is 14.7. The average molecular weight is 553 g/mol. The van der Waals surface area contributed by atoms with E-state index in [9.17, 15) is 19.5 Å². The van der Waals surface area contributed by atoms with Gasteiger partial charge in [-0.2, -0.15) is 0 Å². The van der Waals surface area contributed by atoms with E-state index in [-0.39, 0.29) is 23.7 Å². The molecule has 0 aliphatic carbocycles. The van der Waals surface area contributed by atoms with Crippen LogP contribution in [0.4, 0.5) is 0 Å². The van der Waals surface area contributed by atoms with Crippen LogP contribution in [0.2, 0.25) is 0 Å². The number of aliphatic hydroxyl groups excluding tert-OH is 1. The molecule has 0 fully saturated rings. The van der Waals surface area contributed by atoms with Crippen LogP contribution >= 0.6 is 0 Å². The normalized spacial score (nSPS) is 23.5. The molecule has 4 N–H and O–H groups in total. The topological polar surface area (TPSA) is 120 Å². The fourth-order valence-corrected chi connectivity index (χ4v) is 4.96. The van der Waals surface area contributed by atoms with Crippen molar-refractivity contribution >= 4 is 17.7 Å². The summed E-state index contributed by atoms with van der Waals surface area (Å²) in [6.07, 6.45) is 2.14. The molecule has 3 rings (SSSR count). The van der Waals surface area contributed by atoms with Gasteiger partial charge in [0.05, 0.1) is 12.6 Å². The second kappa shape index (κ2) is 15.4. The Kier molecular flexibility index (Phi) is 12.0. The first-order valence-corrected chi connectivity index (χ1v) is 14.2. The highest BCUT2D eigenvalue weighted by molar-refractivity contribution is 5.93. The second-order valence-corrected chi connectivity index (χ2v) is 10.5. The molecule has 0 saturated heterocycles. The summed E-state index contributed by atoms with van der Waals surface area (Å²) in [6.45, 7) is 6.50. The van der Waals surface area contributed by atoms with Gasteiger partial charge in [-0.05, 0) is 36.0 Å². The van der Waals surface area contributed by atoms with Gasteiger partial charge in [0, 0.05) is 26.1 Å². The maximum Gasteiger partial charge on any atom is 0.245 e. The smallest absolute Gasteiger partial charge is 0.245 e. The Labute approximate surface area is 237 Å². The number of carbonyl (C=O) groups is 3. The van der Waals surface area contributed by atoms with E-state index < -0.39 is 30.6 Å². The molecule has 5 atom stereocenters. The van der Waals surface area contributed by atoms with Gasteiger partial charge in [-0.1, -0.05) is 75.7 Å². The van der Waals surface area contributed by atoms with Gasteiger partial charge in [0.1, 0.15) is 24.4 Å². The molecule has 1 heterocycles. The van der Waals surface area contributed by atoms with Crippen LogP contribution in [-0.4, -0.2) is 79.2 Å². The molecule has 2 aromatic carbocycles. The molecule has 1 aliphatic heterocycles. The van der Waals surface area contributed by atoms with Crippen molar-refractivity contribution in [1.29, 1.82) is 0 Å². The third kappa shape index (κ3) is 8.05. The number of carbonyl (C=O) groups excluding carboxylic acids is 3. The second-order valence-electron chi connectivity index (χ2n) is 10.5. The predicted molar refractivity (Wildman–Crippen MR) is 155 cm³/mol. The molecule has 2 unspecified atom stereocenters. The zero-order chi connectivity index (χ0) is 29.1. The molecular weight excluding hydrogens is 508 g/mol. The van der Waals surface area contributed by atoms with E-state index in [0.717, 1.165) is 23.3 Å². The number of fused-ring (bicyclic) bond motifs is 1. The van der Waals surface area contributed by atoms with Gasteiger partial charge in [-0.15, -0.1) is 0 Å². The summed E-state index contributed by atoms with van der Waals surface area (Å²) in [4.78, 5) is 41.8. The largest absolute Gasteiger partial charge is 0.492 e. The first-order valence-electron chi connectivity index (χ1n) is 14.2. The van der Waals surface area contributed by atoms with Crippen LogP contribution in [-0.2, 0) is 20.8 Å². The summed E-state index contributed by atoms with van der Waals surface area (Å²) >= 11 is 0. The minimum Gasteiger partial charge on any atom is -0.492 e. The van der Waals surface area contributed by atoms with Gasteiger partial charge < -0.3 is 30.7 Å². The molecule has 0 spiro atoms. The predicted octanol–water partition coefficient (Wildman–Crippen LogP) is 2.24. The van der Waals surface area contributed by atoms with E-state index in [1.54, 1.807) is 0 Å². The molecule has 0 saturated carbocycles. The van der Waals surface area contributed by atoms with Gasteiger partial charge in [-0.25, -0.2) is 0 Å². The summed E-state index contributed by atoms with van der Waals surface area (Å²) in [5, 5.41) is 19.3. The summed E-state index contributed by atoms with van der Waals surface area (Å²) in [7, 11) is 1.51. The van der Waals surface area contributed by atoms with Crippen molar-refractivity contribution in [2.24, 2.45) is 5.92 Å². The quantitative estimate of drug-likeness (QED) is 0.452. The minimum absolute atomic E-state index is 0.0214. The van der Waals surface area contributed by atoms with Crippen molar-refractivity contribution in [3.05, 3.63) is 65.7 Å². The number of rotatable bonds is 5. The zero-order valence-electron chi connectivity index (χ0n) is 24.1. The van der Waals surface area contributed by atoms with E-state index in [1.807, 2.05) is 75.4 Å². The number of para-hydroxylation sites is 1. The number of likely N-dealkylation sites (N-methyl/N-ethyl adjacent to an activating group) is 1. The zero-order valence-corrected chi connectivity index (χ0v) is 24.1. The highest BCUT2D eigenvalue weighted by Gasteiger charge is 2.36. The van der Waals surface area contributed by atoms with Gasteiger partial charge in [0.15, 0.2) is 0 Å². The number of nitrogens with one attached hydrogen (secondary N) is 3. The molecule has 218 valence electrons. The molecule has 9 heteroatoms. The van der Waals surface area contributed by atoms with Crippen LogP contribution in [0, 0.1) is 5.92 Å². The number of ether oxygens (including phenoxy) is 1. The lowest BCUT2D eigenvalue weighted by molar-refractivity contribution is -0.143. The Morgan fingerprint density at radius 2 is 1.68 bits per heavy atom. The first kappa shape index (κ1) is 31.1. The molecule has 3 amide bonds. The lowest BCUT2D eigenvalue weighted by atomic mass is 9.92. The molecule has 0 bridgehead atoms. The Balaban J connectivity index is 1.92. The van der Waals surface area contributed by atoms with E-state index in [4.69, 9.17) is 4.74 Å². The third-order valence-corrected chi connectivity index (χ3v) is 7.79. The summed E-state index contributed by atoms with van der Waals surface area (Å²) < 4.78 is 6.06. The van der Waals surface area contributed by atoms with E-state index >= 15 is 0 Å². The van der Waals surface area contributed by atoms with E-state index in [0.29, 0.717) is 32.5 Å². The number of amides is 3. The highest BCUT2D eigenvalue weighted by Crippen LogP contribution is 2.22. The fourth-order valence-electron chi connectivity index (χ4n) is 4.96. The average Bonchev–Trinajstić information content (AvgIpc) is 2.97. The molecule has 40 heavy (non-hydrogen) atoms. The van der Waals surface area contributed by atoms with Crippen molar-refractivity contribution in [2.45, 2.75) is 64.1 Å². The van der Waals surface area contributed by atoms with Gasteiger partial charge in [-0.3, -0.25) is 14.4 Å². The molecule has 0 radical (unpaired) electrons. The van der Waals surface area contributed by atoms with Crippen LogP contribution in [0.1, 0.15) is 50.7 Å². The van der Waals surface area contributed by atoms with Crippen molar-refractivity contribution in [1.82, 2.24) is 20.9 Å². The first-order chi connectivity index (χ1) is 19.3. The molecular formula is C31H44N4O5. The fraction of sp³-hybridized carbons (Fsp3) is 0.516. The minimum atomic E-state index is -1.15. The van der Waals surface area contributed by atoms with Crippen molar-refractivity contribution < 1.29 is 24.2 Å². The number of aliphatic hydroxyl groups is 1. The highest BCUT2D eigenvalue weighted by atomic mass is 16.5. The van der Waals surface area contributed by atoms with Crippen LogP contribution < -0.4 is 20.7 Å². The third-order valence-electron chi connectivity index (χ3n) is 7.79. The number of nitrogens with zero attached hydrogens (tertiary/aromatic N) is 1. The molecule has 1 aliphatic rings. The van der Waals surface area contributed by atoms with Gasteiger partial charge in [0.25, 0.3) is 0 Å². The standard InChI is InChI=1S/C31H44N4O5/c1-5-21(2)27-31(39)35(4)25(20-36)29(37)34-28(22(3)23-12-7-6-8-13-23)30(38)33-17-11-15-24-14-9-10-16-26(24)40-19-18-32-27/h6-10,12-14,16,21-22,25,27-28,32,36H,5,11,15,17-20H2,1-4H3,(H,33,38)(H,34,37)/t21?,22?,25-,27-,28+/m0/s1. The van der Waals surface area contributed by atoms with Crippen molar-refractivity contribution in [3.63, 3.8) is 0 Å². The maximum atomic E-state index is 13.6. The van der Waals surface area contributed by atoms with Gasteiger partial charge in [0.2, 0.25) is 17.7 Å². The maximum absolute atomic E-state index is 13.6. The molecule has 2 aromatic rings. The Morgan fingerprint density at radius 3 is 2.38 bits per heavy atom. The number of hydrogen-bond donors (Lipinski definition) is 4. The summed E-state index contributed by atoms with van der Waals surface area (Å²) in [5.74, 6) is -0.792. The molecule has 0 aromatic heterocycles. The lowest BCUT2D eigenvalue weighted by Crippen LogP contribution is -2.59. The van der Waals surface area contributed by atoms with Crippen LogP contribution in [0.15, 0.2) is 54.6 Å². The summed E-state index contributed by atoms with van der Waals surface area (Å²) in [5.41, 5.74) is 1.93. The van der Waals surface area contributed by atoms with Crippen molar-refractivity contribution in [3.8, 4) is 5.75 Å². The Morgan fingerprint density at radius 1 is 0.975 bits per heavy atom. The van der Waals surface area contributed by atoms with Crippen LogP contribution in [0.3, 0.4) is 0 Å². The lowest BCUT2D eigenvalue weighted by Gasteiger charge is -2.33. The van der Waals surface area contributed by atoms with Gasteiger partial charge >= 0.3 is 0 Å². The van der Waals surface area contributed by atoms with Crippen molar-refractivity contribution in [2.75, 3.05) is 33.4 Å². The van der Waals surface area contributed by atoms with E-state index in [2.05, 4.69) is 16.0 Å². The number of aryl methyl sites for hydroxylation is 1. The van der Waals surface area contributed by atoms with Crippen LogP contribution in [0.25, 0.3) is 0 Å². The molecule has 9 nitrogen and oxygen atoms in total. The Bertz CT molecular complexity index is 1110. The Hall–Kier alpha value is -3.43. The SMILES string of the molecule is CCC(C)[C@@H]1NCCOc2ccccc2CCCNC(=O)[C@@H](C(C)c2ccccc2)NC(=O)[C@H](CO)N(C)C1=O. The number of benzene rings is 2.